The van der Waals surface area contributed by atoms with Crippen LogP contribution in [0.2, 0.25) is 0 Å². The fourth-order valence-corrected chi connectivity index (χ4v) is 5.50. The Morgan fingerprint density at radius 1 is 0.688 bits per heavy atom. The number of hydrogen-bond acceptors (Lipinski definition) is 1. The van der Waals surface area contributed by atoms with Gasteiger partial charge in [-0.15, -0.1) is 13.2 Å². The smallest absolute Gasteiger partial charge is 0.403 e. The van der Waals surface area contributed by atoms with Crippen molar-refractivity contribution in [2.24, 2.45) is 11.8 Å². The van der Waals surface area contributed by atoms with Gasteiger partial charge in [0, 0.05) is 0 Å². The van der Waals surface area contributed by atoms with Gasteiger partial charge in [-0.1, -0.05) is 38.2 Å². The molecular formula is C25H26F6O. The van der Waals surface area contributed by atoms with Crippen molar-refractivity contribution < 1.29 is 31.1 Å². The highest BCUT2D eigenvalue weighted by Crippen LogP contribution is 2.44. The van der Waals surface area contributed by atoms with Gasteiger partial charge in [0.15, 0.2) is 11.6 Å². The third-order valence-corrected chi connectivity index (χ3v) is 7.07. The van der Waals surface area contributed by atoms with Crippen LogP contribution in [0, 0.1) is 29.3 Å². The molecule has 0 saturated heterocycles. The SMILES string of the molecule is Fc1cc(-c2c(F)cc(C3CCC(C4CCCCC4)CC3)cc2F)ccc1OC(F)(F)F. The fourth-order valence-electron chi connectivity index (χ4n) is 5.50. The molecule has 174 valence electrons. The Morgan fingerprint density at radius 3 is 1.84 bits per heavy atom. The molecule has 32 heavy (non-hydrogen) atoms. The molecule has 0 unspecified atom stereocenters. The second-order valence-electron chi connectivity index (χ2n) is 9.06. The van der Waals surface area contributed by atoms with E-state index in [1.165, 1.54) is 44.2 Å². The Bertz CT molecular complexity index is 917. The molecule has 2 fully saturated rings. The molecule has 0 bridgehead atoms. The van der Waals surface area contributed by atoms with E-state index in [2.05, 4.69) is 4.74 Å². The quantitative estimate of drug-likeness (QED) is 0.419. The molecule has 2 aromatic rings. The van der Waals surface area contributed by atoms with E-state index in [1.54, 1.807) is 0 Å². The standard InChI is InChI=1S/C25H26F6O/c26-20-12-18(10-11-23(20)32-25(29,30)31)24-21(27)13-19(14-22(24)28)17-8-6-16(7-9-17)15-4-2-1-3-5-15/h10-17H,1-9H2. The molecule has 2 aromatic carbocycles. The third-order valence-electron chi connectivity index (χ3n) is 7.07. The summed E-state index contributed by atoms with van der Waals surface area (Å²) < 4.78 is 84.2. The van der Waals surface area contributed by atoms with E-state index in [4.69, 9.17) is 0 Å². The van der Waals surface area contributed by atoms with Crippen molar-refractivity contribution in [3.63, 3.8) is 0 Å². The van der Waals surface area contributed by atoms with E-state index < -0.39 is 35.1 Å². The van der Waals surface area contributed by atoms with Gasteiger partial charge in [0.2, 0.25) is 0 Å². The summed E-state index contributed by atoms with van der Waals surface area (Å²) in [6.07, 6.45) is 5.33. The summed E-state index contributed by atoms with van der Waals surface area (Å²) in [5.74, 6) is -2.54. The lowest BCUT2D eigenvalue weighted by atomic mass is 9.70. The van der Waals surface area contributed by atoms with Gasteiger partial charge in [0.05, 0.1) is 5.56 Å². The van der Waals surface area contributed by atoms with Crippen LogP contribution in [0.4, 0.5) is 26.3 Å². The van der Waals surface area contributed by atoms with E-state index >= 15 is 0 Å². The van der Waals surface area contributed by atoms with Crippen molar-refractivity contribution in [3.8, 4) is 16.9 Å². The van der Waals surface area contributed by atoms with Crippen LogP contribution in [0.25, 0.3) is 11.1 Å². The Morgan fingerprint density at radius 2 is 1.28 bits per heavy atom. The van der Waals surface area contributed by atoms with E-state index in [9.17, 15) is 26.3 Å². The number of ether oxygens (including phenoxy) is 1. The first-order valence-electron chi connectivity index (χ1n) is 11.3. The van der Waals surface area contributed by atoms with Crippen LogP contribution < -0.4 is 4.74 Å². The summed E-state index contributed by atoms with van der Waals surface area (Å²) in [5, 5.41) is 0. The molecule has 0 radical (unpaired) electrons. The van der Waals surface area contributed by atoms with Crippen LogP contribution in [0.5, 0.6) is 5.75 Å². The van der Waals surface area contributed by atoms with Crippen LogP contribution in [0.3, 0.4) is 0 Å². The Hall–Kier alpha value is -2.18. The number of hydrogen-bond donors (Lipinski definition) is 0. The maximum absolute atomic E-state index is 14.8. The van der Waals surface area contributed by atoms with Crippen molar-refractivity contribution in [2.45, 2.75) is 70.1 Å². The van der Waals surface area contributed by atoms with Crippen LogP contribution in [0.15, 0.2) is 30.3 Å². The maximum Gasteiger partial charge on any atom is 0.573 e. The minimum atomic E-state index is -5.06. The zero-order valence-corrected chi connectivity index (χ0v) is 17.7. The molecule has 1 nitrogen and oxygen atoms in total. The summed E-state index contributed by atoms with van der Waals surface area (Å²) in [5.41, 5.74) is -0.0509. The third kappa shape index (κ3) is 5.24. The Balaban J connectivity index is 1.49. The van der Waals surface area contributed by atoms with Crippen LogP contribution in [0.1, 0.15) is 69.3 Å². The Labute approximate surface area is 183 Å². The Kier molecular flexibility index (Phi) is 6.72. The van der Waals surface area contributed by atoms with Crippen molar-refractivity contribution >= 4 is 0 Å². The van der Waals surface area contributed by atoms with Gasteiger partial charge in [-0.25, -0.2) is 13.2 Å². The van der Waals surface area contributed by atoms with E-state index in [1.807, 2.05) is 0 Å². The summed E-state index contributed by atoms with van der Waals surface area (Å²) in [7, 11) is 0. The largest absolute Gasteiger partial charge is 0.573 e. The van der Waals surface area contributed by atoms with Gasteiger partial charge in [0.1, 0.15) is 11.6 Å². The first-order valence-corrected chi connectivity index (χ1v) is 11.3. The lowest BCUT2D eigenvalue weighted by molar-refractivity contribution is -0.275. The van der Waals surface area contributed by atoms with Crippen molar-refractivity contribution in [1.82, 2.24) is 0 Å². The summed E-state index contributed by atoms with van der Waals surface area (Å²) in [4.78, 5) is 0. The molecule has 0 heterocycles. The topological polar surface area (TPSA) is 9.23 Å². The predicted molar refractivity (Wildman–Crippen MR) is 110 cm³/mol. The monoisotopic (exact) mass is 456 g/mol. The average Bonchev–Trinajstić information content (AvgIpc) is 2.75. The van der Waals surface area contributed by atoms with E-state index in [-0.39, 0.29) is 11.5 Å². The van der Waals surface area contributed by atoms with Gasteiger partial charge in [0.25, 0.3) is 0 Å². The highest BCUT2D eigenvalue weighted by atomic mass is 19.4. The minimum absolute atomic E-state index is 0.0761. The van der Waals surface area contributed by atoms with Crippen molar-refractivity contribution in [2.75, 3.05) is 0 Å². The first-order chi connectivity index (χ1) is 15.2. The lowest BCUT2D eigenvalue weighted by Crippen LogP contribution is -2.23. The lowest BCUT2D eigenvalue weighted by Gasteiger charge is -2.36. The van der Waals surface area contributed by atoms with E-state index in [0.717, 1.165) is 43.7 Å². The average molecular weight is 456 g/mol. The number of alkyl halides is 3. The molecule has 2 saturated carbocycles. The van der Waals surface area contributed by atoms with E-state index in [0.29, 0.717) is 17.5 Å². The van der Waals surface area contributed by atoms with Crippen molar-refractivity contribution in [3.05, 3.63) is 53.3 Å². The normalized spacial score (nSPS) is 22.7. The number of halogens is 6. The molecule has 2 aliphatic carbocycles. The number of benzene rings is 2. The number of rotatable bonds is 4. The van der Waals surface area contributed by atoms with Crippen LogP contribution in [-0.4, -0.2) is 6.36 Å². The molecule has 2 aliphatic rings. The fraction of sp³-hybridized carbons (Fsp3) is 0.520. The second kappa shape index (κ2) is 9.36. The van der Waals surface area contributed by atoms with Crippen LogP contribution in [-0.2, 0) is 0 Å². The molecule has 0 amide bonds. The van der Waals surface area contributed by atoms with Crippen molar-refractivity contribution in [1.29, 1.82) is 0 Å². The van der Waals surface area contributed by atoms with Gasteiger partial charge >= 0.3 is 6.36 Å². The first kappa shape index (κ1) is 23.0. The summed E-state index contributed by atoms with van der Waals surface area (Å²) in [6, 6.07) is 4.94. The zero-order valence-electron chi connectivity index (χ0n) is 17.7. The highest BCUT2D eigenvalue weighted by molar-refractivity contribution is 5.66. The van der Waals surface area contributed by atoms with Gasteiger partial charge in [-0.05, 0) is 78.8 Å². The molecular weight excluding hydrogens is 430 g/mol. The van der Waals surface area contributed by atoms with Gasteiger partial charge < -0.3 is 4.74 Å². The molecule has 0 aromatic heterocycles. The molecule has 0 aliphatic heterocycles. The molecule has 7 heteroatoms. The van der Waals surface area contributed by atoms with Gasteiger partial charge in [-0.3, -0.25) is 0 Å². The highest BCUT2D eigenvalue weighted by Gasteiger charge is 2.33. The maximum atomic E-state index is 14.8. The minimum Gasteiger partial charge on any atom is -0.403 e. The summed E-state index contributed by atoms with van der Waals surface area (Å²) >= 11 is 0. The molecule has 0 spiro atoms. The van der Waals surface area contributed by atoms with Crippen LogP contribution >= 0.6 is 0 Å². The molecule has 0 N–H and O–H groups in total. The molecule has 0 atom stereocenters. The second-order valence-corrected chi connectivity index (χ2v) is 9.06. The molecule has 4 rings (SSSR count). The zero-order chi connectivity index (χ0) is 22.9. The predicted octanol–water partition coefficient (Wildman–Crippen LogP) is 8.52. The van der Waals surface area contributed by atoms with Gasteiger partial charge in [-0.2, -0.15) is 0 Å². The summed E-state index contributed by atoms with van der Waals surface area (Å²) in [6.45, 7) is 0.